The maximum absolute atomic E-state index is 12.7. The Morgan fingerprint density at radius 3 is 2.70 bits per heavy atom. The number of hydrogen-bond donors (Lipinski definition) is 1. The molecule has 2 rings (SSSR count). The second kappa shape index (κ2) is 9.53. The van der Waals surface area contributed by atoms with Crippen LogP contribution < -0.4 is 5.32 Å². The molecule has 0 spiro atoms. The highest BCUT2D eigenvalue weighted by Gasteiger charge is 2.47. The smallest absolute Gasteiger partial charge is 0.328 e. The van der Waals surface area contributed by atoms with Gasteiger partial charge in [-0.1, -0.05) is 30.3 Å². The molecular weight excluding hydrogens is 350 g/mol. The Bertz CT molecular complexity index is 739. The van der Waals surface area contributed by atoms with Crippen LogP contribution in [-0.2, 0) is 35.3 Å². The molecule has 1 aliphatic heterocycles. The van der Waals surface area contributed by atoms with Crippen LogP contribution in [0, 0.1) is 12.3 Å². The van der Waals surface area contributed by atoms with Gasteiger partial charge in [0.1, 0.15) is 18.9 Å². The molecule has 1 heterocycles. The first-order valence-electron chi connectivity index (χ1n) is 8.61. The van der Waals surface area contributed by atoms with Crippen LogP contribution in [0.2, 0.25) is 0 Å². The maximum atomic E-state index is 12.7. The van der Waals surface area contributed by atoms with E-state index in [1.165, 1.54) is 0 Å². The molecular formula is C20H21NO6. The highest BCUT2D eigenvalue weighted by atomic mass is 16.6. The van der Waals surface area contributed by atoms with Crippen molar-refractivity contribution in [1.29, 1.82) is 0 Å². The number of aldehydes is 1. The third-order valence-corrected chi connectivity index (χ3v) is 4.23. The number of cyclic esters (lactones) is 1. The van der Waals surface area contributed by atoms with Crippen molar-refractivity contribution in [2.24, 2.45) is 0 Å². The van der Waals surface area contributed by atoms with Crippen LogP contribution in [0.4, 0.5) is 0 Å². The summed E-state index contributed by atoms with van der Waals surface area (Å²) in [6.45, 7) is 0.0393. The van der Waals surface area contributed by atoms with Gasteiger partial charge in [-0.25, -0.2) is 4.79 Å². The second-order valence-corrected chi connectivity index (χ2v) is 6.21. The molecule has 7 heteroatoms. The number of esters is 2. The Kier molecular flexibility index (Phi) is 7.12. The van der Waals surface area contributed by atoms with Crippen molar-refractivity contribution >= 4 is 24.1 Å². The summed E-state index contributed by atoms with van der Waals surface area (Å²) in [5.41, 5.74) is -0.690. The van der Waals surface area contributed by atoms with Gasteiger partial charge in [0.2, 0.25) is 5.60 Å². The first kappa shape index (κ1) is 20.2. The third kappa shape index (κ3) is 5.42. The number of hydrogen-bond acceptors (Lipinski definition) is 6. The number of amides is 1. The Balaban J connectivity index is 2.04. The molecule has 1 unspecified atom stereocenters. The van der Waals surface area contributed by atoms with E-state index < -0.39 is 29.5 Å². The number of rotatable bonds is 9. The lowest BCUT2D eigenvalue weighted by Crippen LogP contribution is -2.52. The van der Waals surface area contributed by atoms with Gasteiger partial charge in [-0.2, -0.15) is 0 Å². The number of terminal acetylenes is 1. The maximum Gasteiger partial charge on any atom is 0.328 e. The average molecular weight is 371 g/mol. The summed E-state index contributed by atoms with van der Waals surface area (Å²) in [7, 11) is 0. The van der Waals surface area contributed by atoms with E-state index in [2.05, 4.69) is 11.2 Å². The van der Waals surface area contributed by atoms with Gasteiger partial charge in [-0.3, -0.25) is 9.59 Å². The van der Waals surface area contributed by atoms with Crippen LogP contribution in [0.25, 0.3) is 0 Å². The van der Waals surface area contributed by atoms with Gasteiger partial charge in [0.25, 0.3) is 5.91 Å². The van der Waals surface area contributed by atoms with Gasteiger partial charge in [0.15, 0.2) is 0 Å². The third-order valence-electron chi connectivity index (χ3n) is 4.23. The minimum absolute atomic E-state index is 0.0393. The molecule has 142 valence electrons. The van der Waals surface area contributed by atoms with Crippen molar-refractivity contribution in [3.05, 3.63) is 35.9 Å². The molecule has 1 fully saturated rings. The zero-order valence-electron chi connectivity index (χ0n) is 14.8. The standard InChI is InChI=1S/C20H21NO6/c1-2-11-20(12-10-17(23)27-20)19(25)21-16(9-6-13-22)18(24)26-14-15-7-4-3-5-8-15/h1,3-5,7-8,13,16H,6,9-12,14H2,(H,21,25)/t16-,20?/m0/s1. The number of carbonyl (C=O) groups is 4. The van der Waals surface area contributed by atoms with E-state index in [0.29, 0.717) is 6.29 Å². The Hall–Kier alpha value is -3.14. The van der Waals surface area contributed by atoms with Crippen LogP contribution in [0.3, 0.4) is 0 Å². The number of benzene rings is 1. The average Bonchev–Trinajstić information content (AvgIpc) is 3.06. The van der Waals surface area contributed by atoms with Crippen LogP contribution >= 0.6 is 0 Å². The molecule has 7 nitrogen and oxygen atoms in total. The fourth-order valence-electron chi connectivity index (χ4n) is 2.76. The molecule has 0 bridgehead atoms. The van der Waals surface area contributed by atoms with Gasteiger partial charge in [-0.15, -0.1) is 12.3 Å². The van der Waals surface area contributed by atoms with Gasteiger partial charge in [0, 0.05) is 19.3 Å². The minimum Gasteiger partial charge on any atom is -0.459 e. The molecule has 1 aromatic carbocycles. The lowest BCUT2D eigenvalue weighted by atomic mass is 9.94. The van der Waals surface area contributed by atoms with E-state index in [1.54, 1.807) is 12.1 Å². The summed E-state index contributed by atoms with van der Waals surface area (Å²) in [5, 5.41) is 2.53. The first-order valence-corrected chi connectivity index (χ1v) is 8.61. The van der Waals surface area contributed by atoms with Gasteiger partial charge in [0.05, 0.1) is 6.42 Å². The Morgan fingerprint density at radius 2 is 2.11 bits per heavy atom. The van der Waals surface area contributed by atoms with Crippen LogP contribution in [0.5, 0.6) is 0 Å². The topological polar surface area (TPSA) is 98.8 Å². The van der Waals surface area contributed by atoms with E-state index in [-0.39, 0.29) is 38.7 Å². The zero-order chi connectivity index (χ0) is 19.7. The molecule has 27 heavy (non-hydrogen) atoms. The molecule has 1 aliphatic rings. The molecule has 1 saturated heterocycles. The van der Waals surface area contributed by atoms with Gasteiger partial charge in [-0.05, 0) is 12.0 Å². The quantitative estimate of drug-likeness (QED) is 0.399. The normalized spacial score (nSPS) is 19.4. The van der Waals surface area contributed by atoms with E-state index >= 15 is 0 Å². The lowest BCUT2D eigenvalue weighted by molar-refractivity contribution is -0.160. The molecule has 1 N–H and O–H groups in total. The first-order chi connectivity index (χ1) is 13.0. The molecule has 0 radical (unpaired) electrons. The van der Waals surface area contributed by atoms with Crippen molar-refractivity contribution in [3.8, 4) is 12.3 Å². The van der Waals surface area contributed by atoms with Crippen molar-refractivity contribution in [1.82, 2.24) is 5.32 Å². The minimum atomic E-state index is -1.48. The van der Waals surface area contributed by atoms with Crippen molar-refractivity contribution in [2.75, 3.05) is 0 Å². The molecule has 0 aromatic heterocycles. The number of carbonyl (C=O) groups excluding carboxylic acids is 4. The zero-order valence-corrected chi connectivity index (χ0v) is 14.8. The van der Waals surface area contributed by atoms with Crippen LogP contribution in [-0.4, -0.2) is 35.8 Å². The molecule has 1 aromatic rings. The number of ether oxygens (including phenoxy) is 2. The van der Waals surface area contributed by atoms with E-state index in [9.17, 15) is 19.2 Å². The van der Waals surface area contributed by atoms with Crippen molar-refractivity contribution < 1.29 is 28.7 Å². The van der Waals surface area contributed by atoms with E-state index in [4.69, 9.17) is 15.9 Å². The van der Waals surface area contributed by atoms with E-state index in [0.717, 1.165) is 5.56 Å². The number of nitrogens with one attached hydrogen (secondary N) is 1. The molecule has 0 saturated carbocycles. The Morgan fingerprint density at radius 1 is 1.37 bits per heavy atom. The molecule has 0 aliphatic carbocycles. The highest BCUT2D eigenvalue weighted by Crippen LogP contribution is 2.30. The summed E-state index contributed by atoms with van der Waals surface area (Å²) >= 11 is 0. The SMILES string of the molecule is C#CCC1(C(=O)N[C@@H](CCC=O)C(=O)OCc2ccccc2)CCC(=O)O1. The Labute approximate surface area is 157 Å². The van der Waals surface area contributed by atoms with Gasteiger partial charge >= 0.3 is 11.9 Å². The van der Waals surface area contributed by atoms with Crippen LogP contribution in [0.15, 0.2) is 30.3 Å². The van der Waals surface area contributed by atoms with Crippen LogP contribution in [0.1, 0.15) is 37.7 Å². The van der Waals surface area contributed by atoms with Crippen molar-refractivity contribution in [3.63, 3.8) is 0 Å². The monoisotopic (exact) mass is 371 g/mol. The molecule has 1 amide bonds. The molecule has 2 atom stereocenters. The summed E-state index contributed by atoms with van der Waals surface area (Å²) < 4.78 is 10.4. The fraction of sp³-hybridized carbons (Fsp3) is 0.400. The van der Waals surface area contributed by atoms with E-state index in [1.807, 2.05) is 18.2 Å². The second-order valence-electron chi connectivity index (χ2n) is 6.21. The lowest BCUT2D eigenvalue weighted by Gasteiger charge is -2.27. The van der Waals surface area contributed by atoms with Gasteiger partial charge < -0.3 is 19.6 Å². The van der Waals surface area contributed by atoms with Crippen molar-refractivity contribution in [2.45, 2.75) is 50.4 Å². The predicted octanol–water partition coefficient (Wildman–Crippen LogP) is 1.29. The highest BCUT2D eigenvalue weighted by molar-refractivity contribution is 5.93. The predicted molar refractivity (Wildman–Crippen MR) is 95.0 cm³/mol. The summed E-state index contributed by atoms with van der Waals surface area (Å²) in [6, 6.07) is 8.02. The summed E-state index contributed by atoms with van der Waals surface area (Å²) in [5.74, 6) is 0.491. The fourth-order valence-corrected chi connectivity index (χ4v) is 2.76. The summed E-state index contributed by atoms with van der Waals surface area (Å²) in [6.07, 6.45) is 6.21. The summed E-state index contributed by atoms with van der Waals surface area (Å²) in [4.78, 5) is 47.3. The largest absolute Gasteiger partial charge is 0.459 e.